The van der Waals surface area contributed by atoms with Crippen molar-refractivity contribution in [3.63, 3.8) is 0 Å². The van der Waals surface area contributed by atoms with Crippen molar-refractivity contribution in [2.75, 3.05) is 43.9 Å². The van der Waals surface area contributed by atoms with Gasteiger partial charge in [-0.3, -0.25) is 4.90 Å². The van der Waals surface area contributed by atoms with Gasteiger partial charge in [0, 0.05) is 32.2 Å². The Morgan fingerprint density at radius 3 is 2.50 bits per heavy atom. The number of rotatable bonds is 3. The van der Waals surface area contributed by atoms with Gasteiger partial charge in [0.1, 0.15) is 5.82 Å². The number of nitrogen functional groups attached to an aromatic ring is 1. The van der Waals surface area contributed by atoms with Gasteiger partial charge in [-0.1, -0.05) is 12.8 Å². The van der Waals surface area contributed by atoms with Crippen LogP contribution >= 0.6 is 0 Å². The molecule has 20 heavy (non-hydrogen) atoms. The van der Waals surface area contributed by atoms with E-state index in [1.165, 1.54) is 25.7 Å². The number of nitrogens with two attached hydrogens (primary N) is 1. The first-order valence-electron chi connectivity index (χ1n) is 7.57. The highest BCUT2D eigenvalue weighted by molar-refractivity contribution is 5.54. The van der Waals surface area contributed by atoms with E-state index < -0.39 is 0 Å². The predicted molar refractivity (Wildman–Crippen MR) is 81.2 cm³/mol. The van der Waals surface area contributed by atoms with Crippen molar-refractivity contribution in [1.29, 1.82) is 0 Å². The van der Waals surface area contributed by atoms with Gasteiger partial charge in [0.15, 0.2) is 0 Å². The average Bonchev–Trinajstić information content (AvgIpc) is 3.02. The fourth-order valence-corrected chi connectivity index (χ4v) is 3.37. The second kappa shape index (κ2) is 5.87. The summed E-state index contributed by atoms with van der Waals surface area (Å²) in [5.41, 5.74) is 6.42. The van der Waals surface area contributed by atoms with Crippen LogP contribution in [-0.4, -0.2) is 49.2 Å². The van der Waals surface area contributed by atoms with Crippen LogP contribution in [0.5, 0.6) is 5.88 Å². The largest absolute Gasteiger partial charge is 0.479 e. The lowest BCUT2D eigenvalue weighted by Crippen LogP contribution is -2.50. The molecule has 2 N–H and O–H groups in total. The maximum atomic E-state index is 5.82. The normalized spacial score (nSPS) is 21.4. The van der Waals surface area contributed by atoms with Gasteiger partial charge in [0.2, 0.25) is 5.88 Å². The number of hydrogen-bond acceptors (Lipinski definition) is 5. The Labute approximate surface area is 120 Å². The minimum absolute atomic E-state index is 0.528. The summed E-state index contributed by atoms with van der Waals surface area (Å²) in [5.74, 6) is 1.50. The lowest BCUT2D eigenvalue weighted by Gasteiger charge is -2.38. The Bertz CT molecular complexity index is 451. The van der Waals surface area contributed by atoms with Gasteiger partial charge in [0.25, 0.3) is 0 Å². The Morgan fingerprint density at radius 2 is 1.85 bits per heavy atom. The molecule has 0 radical (unpaired) electrons. The Kier molecular flexibility index (Phi) is 3.96. The molecular weight excluding hydrogens is 252 g/mol. The predicted octanol–water partition coefficient (Wildman–Crippen LogP) is 1.74. The summed E-state index contributed by atoms with van der Waals surface area (Å²) >= 11 is 0. The van der Waals surface area contributed by atoms with Gasteiger partial charge in [-0.15, -0.1) is 0 Å². The van der Waals surface area contributed by atoms with Gasteiger partial charge in [-0.05, 0) is 25.0 Å². The number of aromatic nitrogens is 1. The van der Waals surface area contributed by atoms with E-state index in [1.807, 2.05) is 12.1 Å². The van der Waals surface area contributed by atoms with Crippen molar-refractivity contribution in [3.8, 4) is 5.88 Å². The minimum atomic E-state index is 0.528. The van der Waals surface area contributed by atoms with Gasteiger partial charge in [-0.2, -0.15) is 4.98 Å². The van der Waals surface area contributed by atoms with Crippen LogP contribution in [0.2, 0.25) is 0 Å². The van der Waals surface area contributed by atoms with E-state index in [4.69, 9.17) is 10.5 Å². The van der Waals surface area contributed by atoms with Crippen LogP contribution in [0, 0.1) is 0 Å². The number of anilines is 2. The molecule has 0 aromatic carbocycles. The molecule has 1 aliphatic heterocycles. The highest BCUT2D eigenvalue weighted by Gasteiger charge is 2.26. The highest BCUT2D eigenvalue weighted by Crippen LogP contribution is 2.27. The van der Waals surface area contributed by atoms with Crippen LogP contribution in [0.25, 0.3) is 0 Å². The average molecular weight is 276 g/mol. The zero-order valence-electron chi connectivity index (χ0n) is 12.2. The number of nitrogens with zero attached hydrogens (tertiary/aromatic N) is 3. The lowest BCUT2D eigenvalue weighted by molar-refractivity contribution is 0.187. The quantitative estimate of drug-likeness (QED) is 0.911. The molecular formula is C15H24N4O. The van der Waals surface area contributed by atoms with E-state index >= 15 is 0 Å². The monoisotopic (exact) mass is 276 g/mol. The van der Waals surface area contributed by atoms with Crippen LogP contribution in [0.3, 0.4) is 0 Å². The molecule has 1 saturated heterocycles. The van der Waals surface area contributed by atoms with Crippen LogP contribution < -0.4 is 15.4 Å². The number of pyridine rings is 1. The maximum Gasteiger partial charge on any atom is 0.238 e. The van der Waals surface area contributed by atoms with Crippen molar-refractivity contribution in [2.45, 2.75) is 31.7 Å². The molecule has 0 atom stereocenters. The van der Waals surface area contributed by atoms with Gasteiger partial charge in [-0.25, -0.2) is 0 Å². The third-order valence-corrected chi connectivity index (χ3v) is 4.55. The van der Waals surface area contributed by atoms with Crippen molar-refractivity contribution >= 4 is 11.5 Å². The molecule has 0 spiro atoms. The molecule has 1 saturated carbocycles. The van der Waals surface area contributed by atoms with Crippen molar-refractivity contribution in [1.82, 2.24) is 9.88 Å². The van der Waals surface area contributed by atoms with Crippen molar-refractivity contribution in [2.24, 2.45) is 0 Å². The first kappa shape index (κ1) is 13.5. The first-order valence-corrected chi connectivity index (χ1v) is 7.57. The molecule has 0 bridgehead atoms. The molecule has 5 nitrogen and oxygen atoms in total. The van der Waals surface area contributed by atoms with E-state index in [-0.39, 0.29) is 0 Å². The van der Waals surface area contributed by atoms with Gasteiger partial charge in [0.05, 0.1) is 12.8 Å². The van der Waals surface area contributed by atoms with Crippen molar-refractivity contribution in [3.05, 3.63) is 12.1 Å². The second-order valence-electron chi connectivity index (χ2n) is 5.73. The van der Waals surface area contributed by atoms with E-state index in [0.717, 1.165) is 38.0 Å². The highest BCUT2D eigenvalue weighted by atomic mass is 16.5. The standard InChI is InChI=1S/C15H24N4O/c1-20-15-13(16)6-7-14(17-15)19-10-8-18(9-11-19)12-4-2-3-5-12/h6-7,12H,2-5,8-11,16H2,1H3. The zero-order chi connectivity index (χ0) is 13.9. The molecule has 1 aromatic heterocycles. The third kappa shape index (κ3) is 2.68. The summed E-state index contributed by atoms with van der Waals surface area (Å²) in [5, 5.41) is 0. The second-order valence-corrected chi connectivity index (χ2v) is 5.73. The van der Waals surface area contributed by atoms with E-state index in [1.54, 1.807) is 7.11 Å². The van der Waals surface area contributed by atoms with Gasteiger partial charge >= 0.3 is 0 Å². The number of ether oxygens (including phenoxy) is 1. The topological polar surface area (TPSA) is 54.6 Å². The first-order chi connectivity index (χ1) is 9.78. The Balaban J connectivity index is 1.62. The summed E-state index contributed by atoms with van der Waals surface area (Å²) in [6.45, 7) is 4.35. The molecule has 0 unspecified atom stereocenters. The Hall–Kier alpha value is -1.49. The van der Waals surface area contributed by atoms with E-state index in [9.17, 15) is 0 Å². The van der Waals surface area contributed by atoms with Crippen LogP contribution in [0.1, 0.15) is 25.7 Å². The van der Waals surface area contributed by atoms with E-state index in [2.05, 4.69) is 14.8 Å². The van der Waals surface area contributed by atoms with Crippen molar-refractivity contribution < 1.29 is 4.74 Å². The molecule has 110 valence electrons. The maximum absolute atomic E-state index is 5.82. The number of piperazine rings is 1. The smallest absolute Gasteiger partial charge is 0.238 e. The Morgan fingerprint density at radius 1 is 1.15 bits per heavy atom. The number of hydrogen-bond donors (Lipinski definition) is 1. The summed E-state index contributed by atoms with van der Waals surface area (Å²) in [6, 6.07) is 4.69. The third-order valence-electron chi connectivity index (χ3n) is 4.55. The SMILES string of the molecule is COc1nc(N2CCN(C3CCCC3)CC2)ccc1N. The molecule has 0 amide bonds. The molecule has 1 aromatic rings. The molecule has 3 rings (SSSR count). The molecule has 1 aliphatic carbocycles. The minimum Gasteiger partial charge on any atom is -0.479 e. The molecule has 2 fully saturated rings. The molecule has 2 aliphatic rings. The zero-order valence-corrected chi connectivity index (χ0v) is 12.2. The number of methoxy groups -OCH3 is 1. The summed E-state index contributed by atoms with van der Waals surface area (Å²) in [6.07, 6.45) is 5.57. The fraction of sp³-hybridized carbons (Fsp3) is 0.667. The van der Waals surface area contributed by atoms with Gasteiger partial charge < -0.3 is 15.4 Å². The van der Waals surface area contributed by atoms with E-state index in [0.29, 0.717) is 11.6 Å². The van der Waals surface area contributed by atoms with Crippen LogP contribution in [0.4, 0.5) is 11.5 Å². The molecule has 5 heteroatoms. The fourth-order valence-electron chi connectivity index (χ4n) is 3.37. The van der Waals surface area contributed by atoms with Crippen LogP contribution in [-0.2, 0) is 0 Å². The summed E-state index contributed by atoms with van der Waals surface area (Å²) in [4.78, 5) is 9.47. The lowest BCUT2D eigenvalue weighted by atomic mass is 10.2. The van der Waals surface area contributed by atoms with Crippen LogP contribution in [0.15, 0.2) is 12.1 Å². The molecule has 2 heterocycles. The summed E-state index contributed by atoms with van der Waals surface area (Å²) < 4.78 is 5.21. The summed E-state index contributed by atoms with van der Waals surface area (Å²) in [7, 11) is 1.61.